The molecule has 1 spiro atoms. The smallest absolute Gasteiger partial charge is 0.165 e. The van der Waals surface area contributed by atoms with E-state index >= 15 is 0 Å². The Kier molecular flexibility index (Phi) is 9.22. The molecule has 5 aromatic heterocycles. The van der Waals surface area contributed by atoms with Crippen molar-refractivity contribution >= 4 is 28.8 Å². The van der Waals surface area contributed by atoms with E-state index in [9.17, 15) is 0 Å². The van der Waals surface area contributed by atoms with Crippen LogP contribution in [-0.4, -0.2) is 24.9 Å². The first-order chi connectivity index (χ1) is 34.7. The summed E-state index contributed by atoms with van der Waals surface area (Å²) >= 11 is 1.77. The van der Waals surface area contributed by atoms with Crippen LogP contribution < -0.4 is 9.64 Å². The lowest BCUT2D eigenvalue weighted by molar-refractivity contribution is 0.461. The molecule has 6 aromatic carbocycles. The molecule has 14 rings (SSSR count). The largest absolute Gasteiger partial charge is 0.452 e. The first-order valence-electron chi connectivity index (χ1n) is 23.3. The van der Waals surface area contributed by atoms with Crippen LogP contribution in [0.2, 0.25) is 0 Å². The summed E-state index contributed by atoms with van der Waals surface area (Å²) in [4.78, 5) is 29.0. The average Bonchev–Trinajstić information content (AvgIpc) is 3.72. The maximum absolute atomic E-state index is 7.13. The number of aromatic nitrogens is 5. The molecule has 1 atom stereocenters. The fourth-order valence-corrected chi connectivity index (χ4v) is 12.1. The lowest BCUT2D eigenvalue weighted by atomic mass is 9.67. The van der Waals surface area contributed by atoms with Gasteiger partial charge in [-0.1, -0.05) is 115 Å². The van der Waals surface area contributed by atoms with E-state index in [1.807, 2.05) is 67.5 Å². The van der Waals surface area contributed by atoms with Gasteiger partial charge in [0.05, 0.1) is 44.5 Å². The van der Waals surface area contributed by atoms with Crippen LogP contribution in [0.25, 0.3) is 67.3 Å². The molecular weight excluding hydrogens is 877 g/mol. The summed E-state index contributed by atoms with van der Waals surface area (Å²) in [6.45, 7) is 0. The predicted octanol–water partition coefficient (Wildman–Crippen LogP) is 15.4. The highest BCUT2D eigenvalue weighted by Crippen LogP contribution is 2.65. The molecule has 0 N–H and O–H groups in total. The number of hydrogen-bond donors (Lipinski definition) is 0. The highest BCUT2D eigenvalue weighted by Gasteiger charge is 2.53. The number of nitrogens with zero attached hydrogens (tertiary/aromatic N) is 6. The summed E-state index contributed by atoms with van der Waals surface area (Å²) in [7, 11) is 0. The number of benzene rings is 6. The highest BCUT2D eigenvalue weighted by molar-refractivity contribution is 7.99. The van der Waals surface area contributed by atoms with E-state index in [1.54, 1.807) is 11.8 Å². The van der Waals surface area contributed by atoms with Gasteiger partial charge in [0.25, 0.3) is 0 Å². The molecule has 0 saturated carbocycles. The Hall–Kier alpha value is -8.98. The third-order valence-corrected chi connectivity index (χ3v) is 15.0. The van der Waals surface area contributed by atoms with Crippen LogP contribution in [0, 0.1) is 0 Å². The second-order valence-electron chi connectivity index (χ2n) is 17.6. The molecule has 1 aliphatic carbocycles. The molecule has 328 valence electrons. The molecule has 0 amide bonds. The van der Waals surface area contributed by atoms with Gasteiger partial charge >= 0.3 is 0 Å². The number of rotatable bonds is 6. The van der Waals surface area contributed by atoms with Crippen molar-refractivity contribution in [2.24, 2.45) is 0 Å². The minimum Gasteiger partial charge on any atom is -0.452 e. The van der Waals surface area contributed by atoms with Crippen molar-refractivity contribution in [1.82, 2.24) is 24.9 Å². The molecule has 70 heavy (non-hydrogen) atoms. The van der Waals surface area contributed by atoms with Crippen molar-refractivity contribution in [3.05, 3.63) is 254 Å². The highest BCUT2D eigenvalue weighted by atomic mass is 32.2. The normalized spacial score (nSPS) is 14.7. The minimum absolute atomic E-state index is 0.739. The molecular formula is C62H38N6OS. The lowest BCUT2D eigenvalue weighted by Gasteiger charge is -2.41. The number of pyridine rings is 5. The van der Waals surface area contributed by atoms with E-state index in [1.165, 1.54) is 5.56 Å². The summed E-state index contributed by atoms with van der Waals surface area (Å²) < 4.78 is 7.13. The fourth-order valence-electron chi connectivity index (χ4n) is 10.8. The van der Waals surface area contributed by atoms with Gasteiger partial charge in [0.1, 0.15) is 0 Å². The third-order valence-electron chi connectivity index (χ3n) is 13.8. The molecule has 3 aliphatic rings. The first kappa shape index (κ1) is 40.1. The maximum atomic E-state index is 7.13. The Morgan fingerprint density at radius 2 is 1.11 bits per heavy atom. The zero-order valence-electron chi connectivity index (χ0n) is 37.4. The van der Waals surface area contributed by atoms with Crippen LogP contribution in [0.15, 0.2) is 241 Å². The Morgan fingerprint density at radius 1 is 0.429 bits per heavy atom. The Balaban J connectivity index is 0.954. The van der Waals surface area contributed by atoms with Crippen LogP contribution in [0.5, 0.6) is 11.5 Å². The van der Waals surface area contributed by atoms with Crippen LogP contribution >= 0.6 is 11.8 Å². The lowest BCUT2D eigenvalue weighted by Crippen LogP contribution is -2.32. The standard InChI is InChI=1S/C62H38N6OS/c1-2-18-47(46(17-1)44-34-42(40-14-10-29-63-37-40)33-43(35-44)41-15-11-30-64-38-41)53-27-25-50-59(67-53)58-49(20-12-32-66-58)62(50)48-19-3-6-24-57(48)70-61-51(62)26-28-55-60(61)69-56-23-5-4-22-54(56)68(55)45-16-9-13-39(36-45)52-21-7-8-31-65-52/h1-38H. The molecule has 0 bridgehead atoms. The van der Waals surface area contributed by atoms with Crippen LogP contribution in [0.4, 0.5) is 17.1 Å². The molecule has 0 fully saturated rings. The second-order valence-corrected chi connectivity index (χ2v) is 18.7. The number of para-hydroxylation sites is 2. The third kappa shape index (κ3) is 6.20. The number of hydrogen-bond acceptors (Lipinski definition) is 8. The van der Waals surface area contributed by atoms with E-state index in [-0.39, 0.29) is 0 Å². The maximum Gasteiger partial charge on any atom is 0.165 e. The van der Waals surface area contributed by atoms with Crippen molar-refractivity contribution in [1.29, 1.82) is 0 Å². The van der Waals surface area contributed by atoms with Gasteiger partial charge in [0.2, 0.25) is 0 Å². The van der Waals surface area contributed by atoms with E-state index in [0.29, 0.717) is 0 Å². The van der Waals surface area contributed by atoms with Gasteiger partial charge in [-0.15, -0.1) is 0 Å². The number of ether oxygens (including phenoxy) is 1. The van der Waals surface area contributed by atoms with Gasteiger partial charge < -0.3 is 9.64 Å². The predicted molar refractivity (Wildman–Crippen MR) is 279 cm³/mol. The van der Waals surface area contributed by atoms with Crippen molar-refractivity contribution in [3.8, 4) is 78.8 Å². The van der Waals surface area contributed by atoms with Crippen molar-refractivity contribution in [2.45, 2.75) is 15.2 Å². The van der Waals surface area contributed by atoms with Crippen LogP contribution in [0.1, 0.15) is 22.3 Å². The zero-order chi connectivity index (χ0) is 46.2. The van der Waals surface area contributed by atoms with Crippen molar-refractivity contribution < 1.29 is 4.74 Å². The van der Waals surface area contributed by atoms with Crippen LogP contribution in [-0.2, 0) is 5.41 Å². The summed E-state index contributed by atoms with van der Waals surface area (Å²) in [5, 5.41) is 0. The fraction of sp³-hybridized carbons (Fsp3) is 0.0161. The molecule has 0 saturated heterocycles. The number of fused-ring (bicyclic) bond motifs is 12. The van der Waals surface area contributed by atoms with Gasteiger partial charge in [0, 0.05) is 70.0 Å². The van der Waals surface area contributed by atoms with E-state index in [0.717, 1.165) is 122 Å². The van der Waals surface area contributed by atoms with Crippen molar-refractivity contribution in [2.75, 3.05) is 4.90 Å². The first-order valence-corrected chi connectivity index (χ1v) is 24.1. The summed E-state index contributed by atoms with van der Waals surface area (Å²) in [5.74, 6) is 1.60. The van der Waals surface area contributed by atoms with Gasteiger partial charge in [-0.25, -0.2) is 4.98 Å². The zero-order valence-corrected chi connectivity index (χ0v) is 38.3. The monoisotopic (exact) mass is 914 g/mol. The topological polar surface area (TPSA) is 76.9 Å². The molecule has 11 aromatic rings. The summed E-state index contributed by atoms with van der Waals surface area (Å²) in [6, 6.07) is 68.5. The van der Waals surface area contributed by atoms with Gasteiger partial charge in [-0.2, -0.15) is 0 Å². The molecule has 2 aliphatic heterocycles. The Morgan fingerprint density at radius 3 is 1.93 bits per heavy atom. The SMILES string of the molecule is c1ccc(-c2cccc(N3c4ccccc4Oc4c3ccc3c4Sc4ccccc4C34c3cccnc3-c3nc(-c5ccccc5-c5cc(-c6cccnc6)cc(-c6cccnc6)c5)ccc34)c2)nc1. The molecule has 7 nitrogen and oxygen atoms in total. The van der Waals surface area contributed by atoms with Gasteiger partial charge in [-0.3, -0.25) is 19.9 Å². The summed E-state index contributed by atoms with van der Waals surface area (Å²) in [5.41, 5.74) is 18.7. The minimum atomic E-state index is -0.739. The summed E-state index contributed by atoms with van der Waals surface area (Å²) in [6.07, 6.45) is 11.2. The van der Waals surface area contributed by atoms with Crippen molar-refractivity contribution in [3.63, 3.8) is 0 Å². The van der Waals surface area contributed by atoms with Crippen LogP contribution in [0.3, 0.4) is 0 Å². The quantitative estimate of drug-likeness (QED) is 0.163. The molecule has 8 heteroatoms. The molecule has 1 unspecified atom stereocenters. The van der Waals surface area contributed by atoms with Gasteiger partial charge in [0.15, 0.2) is 11.5 Å². The Bertz CT molecular complexity index is 3810. The van der Waals surface area contributed by atoms with E-state index in [4.69, 9.17) is 14.7 Å². The van der Waals surface area contributed by atoms with E-state index < -0.39 is 5.41 Å². The molecule has 0 radical (unpaired) electrons. The van der Waals surface area contributed by atoms with Gasteiger partial charge in [-0.05, 0) is 136 Å². The average molecular weight is 915 g/mol. The Labute approximate surface area is 408 Å². The van der Waals surface area contributed by atoms with E-state index in [2.05, 4.69) is 184 Å². The second kappa shape index (κ2) is 16.1. The molecule has 7 heterocycles. The number of anilines is 3.